The topological polar surface area (TPSA) is 67.4 Å². The Morgan fingerprint density at radius 2 is 2.00 bits per heavy atom. The van der Waals surface area contributed by atoms with E-state index in [2.05, 4.69) is 45.3 Å². The van der Waals surface area contributed by atoms with Crippen LogP contribution in [0.4, 0.5) is 0 Å². The third-order valence-corrected chi connectivity index (χ3v) is 6.43. The van der Waals surface area contributed by atoms with Crippen LogP contribution in [0.2, 0.25) is 0 Å². The third kappa shape index (κ3) is 6.58. The molecule has 1 N–H and O–H groups in total. The molecule has 166 valence electrons. The molecule has 1 aromatic carbocycles. The molecule has 2 aliphatic heterocycles. The number of nitrogens with one attached hydrogen (secondary N) is 1. The zero-order chi connectivity index (χ0) is 21.5. The second-order valence-corrected chi connectivity index (χ2v) is 8.98. The molecule has 0 unspecified atom stereocenters. The monoisotopic (exact) mass is 422 g/mol. The van der Waals surface area contributed by atoms with Crippen LogP contribution in [0.5, 0.6) is 0 Å². The van der Waals surface area contributed by atoms with E-state index < -0.39 is 0 Å². The van der Waals surface area contributed by atoms with Gasteiger partial charge in [0.15, 0.2) is 5.82 Å². The lowest BCUT2D eigenvalue weighted by Crippen LogP contribution is -2.34. The fourth-order valence-corrected chi connectivity index (χ4v) is 4.52. The van der Waals surface area contributed by atoms with Gasteiger partial charge in [-0.15, -0.1) is 0 Å². The van der Waals surface area contributed by atoms with Crippen molar-refractivity contribution >= 4 is 5.91 Å². The van der Waals surface area contributed by atoms with Gasteiger partial charge in [-0.25, -0.2) is 9.97 Å². The maximum absolute atomic E-state index is 12.1. The molecular formula is C25H34N4O2. The van der Waals surface area contributed by atoms with E-state index in [1.807, 2.05) is 18.5 Å². The molecule has 1 aromatic heterocycles. The molecule has 31 heavy (non-hydrogen) atoms. The molecule has 2 aliphatic rings. The molecule has 6 heteroatoms. The Balaban J connectivity index is 1.16. The van der Waals surface area contributed by atoms with E-state index in [9.17, 15) is 4.79 Å². The molecule has 0 spiro atoms. The maximum atomic E-state index is 12.1. The van der Waals surface area contributed by atoms with Crippen LogP contribution >= 0.6 is 0 Å². The first-order chi connectivity index (χ1) is 15.2. The molecule has 1 atom stereocenters. The van der Waals surface area contributed by atoms with Gasteiger partial charge in [-0.3, -0.25) is 9.69 Å². The Bertz CT molecular complexity index is 841. The Morgan fingerprint density at radius 1 is 1.19 bits per heavy atom. The highest BCUT2D eigenvalue weighted by molar-refractivity contribution is 5.75. The van der Waals surface area contributed by atoms with Gasteiger partial charge in [-0.2, -0.15) is 0 Å². The molecule has 0 aliphatic carbocycles. The zero-order valence-corrected chi connectivity index (χ0v) is 18.6. The van der Waals surface area contributed by atoms with Crippen molar-refractivity contribution in [2.75, 3.05) is 26.2 Å². The molecule has 2 saturated heterocycles. The fourth-order valence-electron chi connectivity index (χ4n) is 4.52. The SMILES string of the molecule is Cc1cccc(-c2ncc(CN3CCC(CCC(=O)NC[C@@H]4CCCO4)CC3)cn2)c1. The van der Waals surface area contributed by atoms with E-state index in [-0.39, 0.29) is 12.0 Å². The van der Waals surface area contributed by atoms with Crippen LogP contribution in [-0.4, -0.2) is 53.1 Å². The minimum absolute atomic E-state index is 0.170. The summed E-state index contributed by atoms with van der Waals surface area (Å²) in [6.07, 6.45) is 10.2. The standard InChI is InChI=1S/C25H34N4O2/c1-19-4-2-5-22(14-19)25-27-15-21(16-28-25)18-29-11-9-20(10-12-29)7-8-24(30)26-17-23-6-3-13-31-23/h2,4-5,14-16,20,23H,3,6-13,17-18H2,1H3,(H,26,30)/t23-/m0/s1. The highest BCUT2D eigenvalue weighted by atomic mass is 16.5. The van der Waals surface area contributed by atoms with Gasteiger partial charge in [0.05, 0.1) is 6.10 Å². The van der Waals surface area contributed by atoms with Crippen LogP contribution in [-0.2, 0) is 16.1 Å². The normalized spacial score (nSPS) is 20.1. The van der Waals surface area contributed by atoms with Gasteiger partial charge >= 0.3 is 0 Å². The molecule has 4 rings (SSSR count). The largest absolute Gasteiger partial charge is 0.376 e. The van der Waals surface area contributed by atoms with Crippen molar-refractivity contribution in [1.29, 1.82) is 0 Å². The van der Waals surface area contributed by atoms with E-state index >= 15 is 0 Å². The lowest BCUT2D eigenvalue weighted by Gasteiger charge is -2.31. The first-order valence-electron chi connectivity index (χ1n) is 11.6. The predicted octanol–water partition coefficient (Wildman–Crippen LogP) is 3.74. The molecule has 0 radical (unpaired) electrons. The average Bonchev–Trinajstić information content (AvgIpc) is 3.31. The summed E-state index contributed by atoms with van der Waals surface area (Å²) in [5.74, 6) is 1.59. The smallest absolute Gasteiger partial charge is 0.220 e. The Hall–Kier alpha value is -2.31. The fraction of sp³-hybridized carbons (Fsp3) is 0.560. The minimum Gasteiger partial charge on any atom is -0.376 e. The van der Waals surface area contributed by atoms with E-state index in [1.54, 1.807) is 0 Å². The lowest BCUT2D eigenvalue weighted by atomic mass is 9.92. The molecule has 1 amide bonds. The first-order valence-corrected chi connectivity index (χ1v) is 11.6. The second-order valence-electron chi connectivity index (χ2n) is 8.98. The second kappa shape index (κ2) is 10.8. The number of benzene rings is 1. The van der Waals surface area contributed by atoms with Gasteiger partial charge in [0.25, 0.3) is 0 Å². The van der Waals surface area contributed by atoms with Gasteiger partial charge in [-0.1, -0.05) is 23.8 Å². The summed E-state index contributed by atoms with van der Waals surface area (Å²) in [5, 5.41) is 3.04. The van der Waals surface area contributed by atoms with Crippen molar-refractivity contribution in [3.05, 3.63) is 47.8 Å². The Morgan fingerprint density at radius 3 is 2.71 bits per heavy atom. The van der Waals surface area contributed by atoms with Gasteiger partial charge in [0.1, 0.15) is 0 Å². The summed E-state index contributed by atoms with van der Waals surface area (Å²) in [6.45, 7) is 6.62. The molecule has 2 fully saturated rings. The molecule has 6 nitrogen and oxygen atoms in total. The van der Waals surface area contributed by atoms with Crippen LogP contribution in [0, 0.1) is 12.8 Å². The number of rotatable bonds is 8. The molecular weight excluding hydrogens is 388 g/mol. The van der Waals surface area contributed by atoms with Crippen LogP contribution < -0.4 is 5.32 Å². The number of aromatic nitrogens is 2. The van der Waals surface area contributed by atoms with Gasteiger partial charge in [-0.05, 0) is 64.1 Å². The summed E-state index contributed by atoms with van der Waals surface area (Å²) >= 11 is 0. The zero-order valence-electron chi connectivity index (χ0n) is 18.6. The quantitative estimate of drug-likeness (QED) is 0.702. The summed E-state index contributed by atoms with van der Waals surface area (Å²) in [4.78, 5) is 23.7. The number of amides is 1. The van der Waals surface area contributed by atoms with Gasteiger partial charge in [0.2, 0.25) is 5.91 Å². The van der Waals surface area contributed by atoms with Crippen molar-refractivity contribution in [1.82, 2.24) is 20.2 Å². The number of hydrogen-bond acceptors (Lipinski definition) is 5. The highest BCUT2D eigenvalue weighted by Crippen LogP contribution is 2.23. The Kier molecular flexibility index (Phi) is 7.65. The number of aryl methyl sites for hydroxylation is 1. The summed E-state index contributed by atoms with van der Waals surface area (Å²) in [7, 11) is 0. The van der Waals surface area contributed by atoms with Crippen LogP contribution in [0.15, 0.2) is 36.7 Å². The van der Waals surface area contributed by atoms with Crippen LogP contribution in [0.3, 0.4) is 0 Å². The Labute approximate surface area is 185 Å². The third-order valence-electron chi connectivity index (χ3n) is 6.43. The van der Waals surface area contributed by atoms with E-state index in [1.165, 1.54) is 5.56 Å². The molecule has 0 bridgehead atoms. The number of carbonyl (C=O) groups is 1. The van der Waals surface area contributed by atoms with Crippen molar-refractivity contribution in [3.8, 4) is 11.4 Å². The van der Waals surface area contributed by atoms with Crippen LogP contribution in [0.25, 0.3) is 11.4 Å². The number of carbonyl (C=O) groups excluding carboxylic acids is 1. The van der Waals surface area contributed by atoms with E-state index in [0.717, 1.165) is 75.3 Å². The number of ether oxygens (including phenoxy) is 1. The van der Waals surface area contributed by atoms with E-state index in [0.29, 0.717) is 18.9 Å². The molecule has 3 heterocycles. The van der Waals surface area contributed by atoms with Crippen LogP contribution in [0.1, 0.15) is 49.7 Å². The summed E-state index contributed by atoms with van der Waals surface area (Å²) in [5.41, 5.74) is 3.43. The average molecular weight is 423 g/mol. The van der Waals surface area contributed by atoms with Crippen molar-refractivity contribution in [2.24, 2.45) is 5.92 Å². The van der Waals surface area contributed by atoms with Crippen molar-refractivity contribution < 1.29 is 9.53 Å². The van der Waals surface area contributed by atoms with Crippen molar-refractivity contribution in [3.63, 3.8) is 0 Å². The number of nitrogens with zero attached hydrogens (tertiary/aromatic N) is 3. The summed E-state index contributed by atoms with van der Waals surface area (Å²) < 4.78 is 5.56. The summed E-state index contributed by atoms with van der Waals surface area (Å²) in [6, 6.07) is 8.29. The van der Waals surface area contributed by atoms with Crippen molar-refractivity contribution in [2.45, 2.75) is 58.1 Å². The number of hydrogen-bond donors (Lipinski definition) is 1. The van der Waals surface area contributed by atoms with Gasteiger partial charge in [0, 0.05) is 49.6 Å². The van der Waals surface area contributed by atoms with E-state index in [4.69, 9.17) is 4.74 Å². The first kappa shape index (κ1) is 21.9. The highest BCUT2D eigenvalue weighted by Gasteiger charge is 2.21. The molecule has 0 saturated carbocycles. The lowest BCUT2D eigenvalue weighted by molar-refractivity contribution is -0.122. The molecule has 2 aromatic rings. The predicted molar refractivity (Wildman–Crippen MR) is 121 cm³/mol. The minimum atomic E-state index is 0.170. The number of piperidine rings is 1. The van der Waals surface area contributed by atoms with Gasteiger partial charge < -0.3 is 10.1 Å². The number of likely N-dealkylation sites (tertiary alicyclic amines) is 1. The maximum Gasteiger partial charge on any atom is 0.220 e.